The van der Waals surface area contributed by atoms with E-state index >= 15 is 0 Å². The Bertz CT molecular complexity index is 115. The van der Waals surface area contributed by atoms with Crippen molar-refractivity contribution in [1.82, 2.24) is 0 Å². The van der Waals surface area contributed by atoms with Crippen molar-refractivity contribution in [2.24, 2.45) is 0 Å². The molecule has 0 atom stereocenters. The van der Waals surface area contributed by atoms with E-state index in [1.54, 1.807) is 0 Å². The second-order valence-electron chi connectivity index (χ2n) is 2.47. The second kappa shape index (κ2) is 6.85. The number of carboxylic acids is 1. The van der Waals surface area contributed by atoms with Gasteiger partial charge >= 0.3 is 5.97 Å². The fourth-order valence-electron chi connectivity index (χ4n) is 0.780. The maximum absolute atomic E-state index is 10.1. The van der Waals surface area contributed by atoms with E-state index in [4.69, 9.17) is 5.11 Å². The van der Waals surface area contributed by atoms with Crippen LogP contribution >= 0.6 is 25.3 Å². The average Bonchev–Trinajstić information content (AvgIpc) is 1.85. The first-order valence-corrected chi connectivity index (χ1v) is 4.74. The highest BCUT2D eigenvalue weighted by molar-refractivity contribution is 7.99. The van der Waals surface area contributed by atoms with E-state index < -0.39 is 5.97 Å². The lowest BCUT2D eigenvalue weighted by molar-refractivity contribution is -0.137. The van der Waals surface area contributed by atoms with Gasteiger partial charge in [0.15, 0.2) is 0 Å². The summed E-state index contributed by atoms with van der Waals surface area (Å²) in [6.07, 6.45) is 3.98. The molecule has 0 amide bonds. The largest absolute Gasteiger partial charge is 0.481 e. The Morgan fingerprint density at radius 2 is 1.91 bits per heavy atom. The molecule has 0 radical (unpaired) electrons. The molecular formula is C7H14O2S2. The predicted octanol–water partition coefficient (Wildman–Crippen LogP) is 2.21. The van der Waals surface area contributed by atoms with Gasteiger partial charge < -0.3 is 5.11 Å². The maximum atomic E-state index is 10.1. The van der Waals surface area contributed by atoms with Crippen LogP contribution in [0.4, 0.5) is 0 Å². The molecule has 0 saturated carbocycles. The molecule has 0 aromatic heterocycles. The Labute approximate surface area is 78.2 Å². The molecule has 11 heavy (non-hydrogen) atoms. The molecule has 0 unspecified atom stereocenters. The Morgan fingerprint density at radius 1 is 1.27 bits per heavy atom. The van der Waals surface area contributed by atoms with Crippen LogP contribution in [0.15, 0.2) is 0 Å². The zero-order chi connectivity index (χ0) is 8.69. The summed E-state index contributed by atoms with van der Waals surface area (Å²) in [5.74, 6) is -0.710. The van der Waals surface area contributed by atoms with Crippen molar-refractivity contribution in [1.29, 1.82) is 0 Å². The molecule has 0 bridgehead atoms. The van der Waals surface area contributed by atoms with Gasteiger partial charge in [0.05, 0.1) is 0 Å². The van der Waals surface area contributed by atoms with Gasteiger partial charge in [0, 0.05) is 11.0 Å². The number of hydrogen-bond donors (Lipinski definition) is 3. The number of rotatable bonds is 6. The van der Waals surface area contributed by atoms with E-state index in [2.05, 4.69) is 25.3 Å². The molecule has 66 valence electrons. The highest BCUT2D eigenvalue weighted by Crippen LogP contribution is 2.11. The Morgan fingerprint density at radius 3 is 2.36 bits per heavy atom. The third-order valence-corrected chi connectivity index (χ3v) is 1.87. The van der Waals surface area contributed by atoms with Crippen LogP contribution in [0, 0.1) is 0 Å². The third-order valence-electron chi connectivity index (χ3n) is 1.35. The van der Waals surface area contributed by atoms with Crippen molar-refractivity contribution in [3.05, 3.63) is 0 Å². The monoisotopic (exact) mass is 194 g/mol. The van der Waals surface area contributed by atoms with Crippen molar-refractivity contribution >= 4 is 31.2 Å². The molecular weight excluding hydrogens is 180 g/mol. The number of carboxylic acid groups (broad SMARTS) is 1. The molecule has 1 N–H and O–H groups in total. The second-order valence-corrected chi connectivity index (χ2v) is 4.13. The quantitative estimate of drug-likeness (QED) is 0.344. The number of hydrogen-bond acceptors (Lipinski definition) is 3. The fourth-order valence-corrected chi connectivity index (χ4v) is 1.15. The summed E-state index contributed by atoms with van der Waals surface area (Å²) in [6.45, 7) is 0. The van der Waals surface area contributed by atoms with Gasteiger partial charge in [-0.15, -0.1) is 0 Å². The Balaban J connectivity index is 2.97. The molecule has 0 aromatic carbocycles. The fraction of sp³-hybridized carbons (Fsp3) is 0.857. The maximum Gasteiger partial charge on any atom is 0.303 e. The lowest BCUT2D eigenvalue weighted by atomic mass is 10.1. The average molecular weight is 194 g/mol. The van der Waals surface area contributed by atoms with Gasteiger partial charge in [-0.2, -0.15) is 25.3 Å². The molecule has 0 spiro atoms. The minimum Gasteiger partial charge on any atom is -0.481 e. The minimum atomic E-state index is -0.710. The van der Waals surface area contributed by atoms with Crippen LogP contribution in [0.5, 0.6) is 0 Å². The highest BCUT2D eigenvalue weighted by atomic mass is 32.2. The molecule has 0 aliphatic heterocycles. The van der Waals surface area contributed by atoms with Gasteiger partial charge in [-0.05, 0) is 12.8 Å². The van der Waals surface area contributed by atoms with Gasteiger partial charge in [-0.1, -0.05) is 12.8 Å². The molecule has 0 fully saturated rings. The smallest absolute Gasteiger partial charge is 0.303 e. The van der Waals surface area contributed by atoms with Crippen LogP contribution in [-0.2, 0) is 4.79 Å². The molecule has 0 aliphatic carbocycles. The lowest BCUT2D eigenvalue weighted by Crippen LogP contribution is -1.94. The van der Waals surface area contributed by atoms with Crippen LogP contribution in [0.2, 0.25) is 0 Å². The van der Waals surface area contributed by atoms with Gasteiger partial charge in [0.2, 0.25) is 0 Å². The van der Waals surface area contributed by atoms with E-state index in [1.807, 2.05) is 0 Å². The van der Waals surface area contributed by atoms with Crippen molar-refractivity contribution in [2.75, 3.05) is 0 Å². The van der Waals surface area contributed by atoms with E-state index in [-0.39, 0.29) is 11.0 Å². The van der Waals surface area contributed by atoms with Gasteiger partial charge in [-0.25, -0.2) is 0 Å². The summed E-state index contributed by atoms with van der Waals surface area (Å²) in [5.41, 5.74) is 0. The van der Waals surface area contributed by atoms with E-state index in [0.29, 0.717) is 0 Å². The van der Waals surface area contributed by atoms with Crippen molar-refractivity contribution in [3.8, 4) is 0 Å². The van der Waals surface area contributed by atoms with E-state index in [0.717, 1.165) is 25.7 Å². The zero-order valence-electron chi connectivity index (χ0n) is 6.36. The normalized spacial score (nSPS) is 10.5. The molecule has 0 saturated heterocycles. The molecule has 0 aliphatic rings. The van der Waals surface area contributed by atoms with Gasteiger partial charge in [-0.3, -0.25) is 4.79 Å². The molecule has 0 heterocycles. The first-order valence-electron chi connectivity index (χ1n) is 3.71. The van der Waals surface area contributed by atoms with Gasteiger partial charge in [0.1, 0.15) is 0 Å². The third kappa shape index (κ3) is 10.2. The standard InChI is InChI=1S/C7H14O2S2/c8-6(9)4-2-1-3-5-7(10)11/h7,10-11H,1-5H2,(H,8,9). The lowest BCUT2D eigenvalue weighted by Gasteiger charge is -2.01. The van der Waals surface area contributed by atoms with E-state index in [1.165, 1.54) is 0 Å². The summed E-state index contributed by atoms with van der Waals surface area (Å²) in [6, 6.07) is 0. The van der Waals surface area contributed by atoms with Crippen LogP contribution in [0.25, 0.3) is 0 Å². The number of aliphatic carboxylic acids is 1. The zero-order valence-corrected chi connectivity index (χ0v) is 8.15. The molecule has 0 aromatic rings. The van der Waals surface area contributed by atoms with Crippen LogP contribution in [0.1, 0.15) is 32.1 Å². The first kappa shape index (κ1) is 11.2. The van der Waals surface area contributed by atoms with Gasteiger partial charge in [0.25, 0.3) is 0 Å². The minimum absolute atomic E-state index is 0.139. The summed E-state index contributed by atoms with van der Waals surface area (Å²) in [4.78, 5) is 10.1. The summed E-state index contributed by atoms with van der Waals surface area (Å²) in [5, 5.41) is 8.29. The first-order chi connectivity index (χ1) is 5.13. The van der Waals surface area contributed by atoms with Crippen LogP contribution in [-0.4, -0.2) is 15.7 Å². The Hall–Kier alpha value is 0.170. The summed E-state index contributed by atoms with van der Waals surface area (Å²) >= 11 is 8.18. The highest BCUT2D eigenvalue weighted by Gasteiger charge is 1.98. The summed E-state index contributed by atoms with van der Waals surface area (Å²) < 4.78 is 0.139. The van der Waals surface area contributed by atoms with Crippen molar-refractivity contribution in [2.45, 2.75) is 36.7 Å². The van der Waals surface area contributed by atoms with Crippen molar-refractivity contribution < 1.29 is 9.90 Å². The topological polar surface area (TPSA) is 37.3 Å². The molecule has 0 rings (SSSR count). The summed E-state index contributed by atoms with van der Waals surface area (Å²) in [7, 11) is 0. The molecule has 4 heteroatoms. The van der Waals surface area contributed by atoms with Crippen LogP contribution in [0.3, 0.4) is 0 Å². The van der Waals surface area contributed by atoms with Crippen LogP contribution < -0.4 is 0 Å². The van der Waals surface area contributed by atoms with Crippen molar-refractivity contribution in [3.63, 3.8) is 0 Å². The number of thiol groups is 2. The Kier molecular flexibility index (Phi) is 6.96. The SMILES string of the molecule is O=C(O)CCCCCC(S)S. The molecule has 2 nitrogen and oxygen atoms in total. The van der Waals surface area contributed by atoms with E-state index in [9.17, 15) is 4.79 Å². The number of carbonyl (C=O) groups is 1. The predicted molar refractivity (Wildman–Crippen MR) is 52.5 cm³/mol. The number of unbranched alkanes of at least 4 members (excludes halogenated alkanes) is 2.